The Morgan fingerprint density at radius 3 is 2.65 bits per heavy atom. The van der Waals surface area contributed by atoms with Crippen LogP contribution in [0.2, 0.25) is 0 Å². The van der Waals surface area contributed by atoms with Gasteiger partial charge in [0.15, 0.2) is 4.77 Å². The van der Waals surface area contributed by atoms with Crippen molar-refractivity contribution < 1.29 is 4.79 Å². The van der Waals surface area contributed by atoms with E-state index in [0.29, 0.717) is 21.2 Å². The van der Waals surface area contributed by atoms with Crippen LogP contribution in [-0.2, 0) is 13.5 Å². The summed E-state index contributed by atoms with van der Waals surface area (Å²) >= 11 is 8.55. The molecule has 26 heavy (non-hydrogen) atoms. The number of nitrogens with zero attached hydrogens (tertiary/aromatic N) is 1. The first-order valence-electron chi connectivity index (χ1n) is 8.13. The molecule has 1 atom stereocenters. The molecule has 0 aliphatic rings. The maximum absolute atomic E-state index is 12.5. The average molecular weight is 432 g/mol. The maximum atomic E-state index is 12.5. The lowest BCUT2D eigenvalue weighted by molar-refractivity contribution is 0.0940. The lowest BCUT2D eigenvalue weighted by Crippen LogP contribution is -2.34. The minimum absolute atomic E-state index is 0.0264. The van der Waals surface area contributed by atoms with Crippen LogP contribution in [0.1, 0.15) is 22.8 Å². The molecule has 0 fully saturated rings. The lowest BCUT2D eigenvalue weighted by Gasteiger charge is -2.14. The van der Waals surface area contributed by atoms with Gasteiger partial charge in [-0.2, -0.15) is 0 Å². The fourth-order valence-electron chi connectivity index (χ4n) is 2.78. The zero-order valence-electron chi connectivity index (χ0n) is 14.4. The van der Waals surface area contributed by atoms with Crippen molar-refractivity contribution in [2.45, 2.75) is 19.4 Å². The van der Waals surface area contributed by atoms with Gasteiger partial charge in [0.2, 0.25) is 0 Å². The highest BCUT2D eigenvalue weighted by atomic mass is 79.9. The summed E-state index contributed by atoms with van der Waals surface area (Å²) in [6.45, 7) is 1.96. The monoisotopic (exact) mass is 431 g/mol. The van der Waals surface area contributed by atoms with Crippen molar-refractivity contribution in [2.75, 3.05) is 0 Å². The number of nitrogens with one attached hydrogen (secondary N) is 2. The van der Waals surface area contributed by atoms with E-state index in [4.69, 9.17) is 12.2 Å². The van der Waals surface area contributed by atoms with E-state index in [1.165, 1.54) is 4.57 Å². The lowest BCUT2D eigenvalue weighted by atomic mass is 10.1. The van der Waals surface area contributed by atoms with Crippen molar-refractivity contribution in [3.05, 3.63) is 73.2 Å². The number of halogens is 1. The minimum Gasteiger partial charge on any atom is -0.349 e. The van der Waals surface area contributed by atoms with Gasteiger partial charge in [0.25, 0.3) is 11.5 Å². The second-order valence-corrected chi connectivity index (χ2v) is 7.56. The fourth-order valence-corrected chi connectivity index (χ4v) is 3.24. The molecule has 0 aliphatic carbocycles. The molecule has 5 nitrogen and oxygen atoms in total. The summed E-state index contributed by atoms with van der Waals surface area (Å²) in [6, 6.07) is 13.0. The predicted molar refractivity (Wildman–Crippen MR) is 109 cm³/mol. The summed E-state index contributed by atoms with van der Waals surface area (Å²) in [5.41, 5.74) is 2.01. The Balaban J connectivity index is 1.79. The van der Waals surface area contributed by atoms with E-state index in [0.717, 1.165) is 16.5 Å². The second-order valence-electron chi connectivity index (χ2n) is 6.26. The second kappa shape index (κ2) is 7.55. The van der Waals surface area contributed by atoms with Crippen LogP contribution < -0.4 is 10.9 Å². The van der Waals surface area contributed by atoms with E-state index in [-0.39, 0.29) is 17.5 Å². The summed E-state index contributed by atoms with van der Waals surface area (Å²) in [6.07, 6.45) is 0.732. The molecule has 0 saturated carbocycles. The van der Waals surface area contributed by atoms with Gasteiger partial charge in [0.1, 0.15) is 0 Å². The summed E-state index contributed by atoms with van der Waals surface area (Å²) in [5, 5.41) is 3.49. The first-order chi connectivity index (χ1) is 12.3. The van der Waals surface area contributed by atoms with Crippen molar-refractivity contribution in [3.8, 4) is 0 Å². The number of amides is 1. The van der Waals surface area contributed by atoms with Gasteiger partial charge in [-0.15, -0.1) is 0 Å². The summed E-state index contributed by atoms with van der Waals surface area (Å²) < 4.78 is 2.72. The Kier molecular flexibility index (Phi) is 5.38. The molecule has 3 rings (SSSR count). The number of H-pyrrole nitrogens is 1. The molecule has 3 aromatic rings. The average Bonchev–Trinajstić information content (AvgIpc) is 2.61. The van der Waals surface area contributed by atoms with Crippen molar-refractivity contribution in [3.63, 3.8) is 0 Å². The van der Waals surface area contributed by atoms with Gasteiger partial charge in [0.05, 0.1) is 10.9 Å². The van der Waals surface area contributed by atoms with Gasteiger partial charge >= 0.3 is 0 Å². The third-order valence-corrected chi connectivity index (χ3v) is 5.10. The SMILES string of the molecule is C[C@@H](Cc1ccc(Br)cc1)NC(=O)c1ccc2c(=O)n(C)c(=S)[nH]c2c1. The van der Waals surface area contributed by atoms with Crippen molar-refractivity contribution in [1.82, 2.24) is 14.9 Å². The van der Waals surface area contributed by atoms with Crippen LogP contribution in [0.3, 0.4) is 0 Å². The van der Waals surface area contributed by atoms with Gasteiger partial charge < -0.3 is 10.3 Å². The van der Waals surface area contributed by atoms with E-state index in [2.05, 4.69) is 26.2 Å². The Bertz CT molecular complexity index is 1090. The molecule has 0 saturated heterocycles. The van der Waals surface area contributed by atoms with Crippen LogP contribution in [0.5, 0.6) is 0 Å². The molecular formula is C19H18BrN3O2S. The van der Waals surface area contributed by atoms with Crippen LogP contribution >= 0.6 is 28.1 Å². The molecule has 1 aromatic heterocycles. The maximum Gasteiger partial charge on any atom is 0.261 e. The zero-order chi connectivity index (χ0) is 18.8. The van der Waals surface area contributed by atoms with E-state index < -0.39 is 0 Å². The van der Waals surface area contributed by atoms with Gasteiger partial charge in [-0.05, 0) is 61.5 Å². The fraction of sp³-hybridized carbons (Fsp3) is 0.211. The number of rotatable bonds is 4. The Morgan fingerprint density at radius 1 is 1.27 bits per heavy atom. The molecule has 0 spiro atoms. The summed E-state index contributed by atoms with van der Waals surface area (Å²) in [4.78, 5) is 27.7. The Labute approximate surface area is 164 Å². The van der Waals surface area contributed by atoms with E-state index >= 15 is 0 Å². The van der Waals surface area contributed by atoms with Gasteiger partial charge in [-0.25, -0.2) is 0 Å². The zero-order valence-corrected chi connectivity index (χ0v) is 16.8. The third-order valence-electron chi connectivity index (χ3n) is 4.20. The molecule has 1 heterocycles. The predicted octanol–water partition coefficient (Wildman–Crippen LogP) is 3.72. The highest BCUT2D eigenvalue weighted by Gasteiger charge is 2.12. The molecule has 134 valence electrons. The smallest absolute Gasteiger partial charge is 0.261 e. The standard InChI is InChI=1S/C19H18BrN3O2S/c1-11(9-12-3-6-14(20)7-4-12)21-17(24)13-5-8-15-16(10-13)22-19(26)23(2)18(15)25/h3-8,10-11H,9H2,1-2H3,(H,21,24)(H,22,26)/t11-/m0/s1. The van der Waals surface area contributed by atoms with Gasteiger partial charge in [-0.3, -0.25) is 14.2 Å². The summed E-state index contributed by atoms with van der Waals surface area (Å²) in [5.74, 6) is -0.184. The Hall–Kier alpha value is -2.25. The van der Waals surface area contributed by atoms with Crippen LogP contribution in [0.25, 0.3) is 10.9 Å². The molecular weight excluding hydrogens is 414 g/mol. The van der Waals surface area contributed by atoms with Crippen molar-refractivity contribution in [1.29, 1.82) is 0 Å². The number of carbonyl (C=O) groups excluding carboxylic acids is 1. The minimum atomic E-state index is -0.184. The Morgan fingerprint density at radius 2 is 1.96 bits per heavy atom. The van der Waals surface area contributed by atoms with Crippen molar-refractivity contribution in [2.24, 2.45) is 7.05 Å². The molecule has 0 unspecified atom stereocenters. The molecule has 2 N–H and O–H groups in total. The largest absolute Gasteiger partial charge is 0.349 e. The number of fused-ring (bicyclic) bond motifs is 1. The topological polar surface area (TPSA) is 66.9 Å². The molecule has 2 aromatic carbocycles. The molecule has 0 aliphatic heterocycles. The molecule has 7 heteroatoms. The number of benzene rings is 2. The molecule has 0 radical (unpaired) electrons. The van der Waals surface area contributed by atoms with Crippen molar-refractivity contribution >= 4 is 45.0 Å². The van der Waals surface area contributed by atoms with Crippen LogP contribution in [0.4, 0.5) is 0 Å². The molecule has 0 bridgehead atoms. The van der Waals surface area contributed by atoms with Gasteiger partial charge in [-0.1, -0.05) is 28.1 Å². The molecule has 1 amide bonds. The number of aromatic amines is 1. The number of carbonyl (C=O) groups is 1. The highest BCUT2D eigenvalue weighted by molar-refractivity contribution is 9.10. The van der Waals surface area contributed by atoms with E-state index in [1.54, 1.807) is 25.2 Å². The number of aromatic nitrogens is 2. The quantitative estimate of drug-likeness (QED) is 0.618. The van der Waals surface area contributed by atoms with E-state index in [1.807, 2.05) is 31.2 Å². The van der Waals surface area contributed by atoms with Crippen LogP contribution in [0, 0.1) is 4.77 Å². The van der Waals surface area contributed by atoms with Crippen LogP contribution in [-0.4, -0.2) is 21.5 Å². The van der Waals surface area contributed by atoms with Gasteiger partial charge in [0, 0.05) is 23.1 Å². The van der Waals surface area contributed by atoms with E-state index in [9.17, 15) is 9.59 Å². The first kappa shape index (κ1) is 18.5. The number of hydrogen-bond acceptors (Lipinski definition) is 3. The highest BCUT2D eigenvalue weighted by Crippen LogP contribution is 2.13. The first-order valence-corrected chi connectivity index (χ1v) is 9.33. The summed E-state index contributed by atoms with van der Waals surface area (Å²) in [7, 11) is 1.62. The normalized spacial score (nSPS) is 12.1. The third kappa shape index (κ3) is 3.94. The van der Waals surface area contributed by atoms with Crippen LogP contribution in [0.15, 0.2) is 51.7 Å². The number of hydrogen-bond donors (Lipinski definition) is 2.